The molecule has 2 rings (SSSR count). The topological polar surface area (TPSA) is 15.3 Å². The van der Waals surface area contributed by atoms with Gasteiger partial charge in [0, 0.05) is 18.8 Å². The van der Waals surface area contributed by atoms with Gasteiger partial charge >= 0.3 is 0 Å². The molecular formula is C16H18ClFN2. The van der Waals surface area contributed by atoms with Gasteiger partial charge < -0.3 is 10.2 Å². The highest BCUT2D eigenvalue weighted by molar-refractivity contribution is 6.33. The minimum atomic E-state index is -0.244. The summed E-state index contributed by atoms with van der Waals surface area (Å²) in [5.41, 5.74) is 2.92. The molecule has 0 aliphatic carbocycles. The van der Waals surface area contributed by atoms with Gasteiger partial charge in [0.1, 0.15) is 5.82 Å². The third-order valence-corrected chi connectivity index (χ3v) is 3.78. The largest absolute Gasteiger partial charge is 0.343 e. The van der Waals surface area contributed by atoms with E-state index in [1.165, 1.54) is 12.1 Å². The van der Waals surface area contributed by atoms with E-state index < -0.39 is 0 Å². The fourth-order valence-electron chi connectivity index (χ4n) is 2.03. The fraction of sp³-hybridized carbons (Fsp3) is 0.250. The first-order valence-corrected chi connectivity index (χ1v) is 6.86. The van der Waals surface area contributed by atoms with Crippen LogP contribution in [0.4, 0.5) is 15.8 Å². The normalized spacial score (nSPS) is 12.2. The van der Waals surface area contributed by atoms with Crippen molar-refractivity contribution in [2.24, 2.45) is 0 Å². The zero-order valence-electron chi connectivity index (χ0n) is 11.8. The van der Waals surface area contributed by atoms with Gasteiger partial charge in [-0.2, -0.15) is 0 Å². The summed E-state index contributed by atoms with van der Waals surface area (Å²) in [6.45, 7) is 2.08. The van der Waals surface area contributed by atoms with Crippen LogP contribution in [0.1, 0.15) is 18.5 Å². The van der Waals surface area contributed by atoms with Gasteiger partial charge in [0.2, 0.25) is 0 Å². The lowest BCUT2D eigenvalue weighted by molar-refractivity contribution is 0.628. The number of nitrogens with zero attached hydrogens (tertiary/aromatic N) is 1. The minimum Gasteiger partial charge on any atom is -0.343 e. The predicted molar refractivity (Wildman–Crippen MR) is 83.4 cm³/mol. The summed E-state index contributed by atoms with van der Waals surface area (Å²) in [5.74, 6) is -0.244. The molecule has 0 bridgehead atoms. The molecule has 2 nitrogen and oxygen atoms in total. The van der Waals surface area contributed by atoms with Crippen molar-refractivity contribution < 1.29 is 4.39 Å². The molecule has 0 radical (unpaired) electrons. The molecule has 0 aliphatic heterocycles. The smallest absolute Gasteiger partial charge is 0.123 e. The Morgan fingerprint density at radius 2 is 1.80 bits per heavy atom. The highest BCUT2D eigenvalue weighted by atomic mass is 35.5. The third kappa shape index (κ3) is 3.11. The van der Waals surface area contributed by atoms with Crippen LogP contribution in [0.15, 0.2) is 42.5 Å². The van der Waals surface area contributed by atoms with Crippen molar-refractivity contribution in [2.45, 2.75) is 13.0 Å². The Morgan fingerprint density at radius 3 is 2.35 bits per heavy atom. The third-order valence-electron chi connectivity index (χ3n) is 3.48. The molecule has 2 aromatic rings. The van der Waals surface area contributed by atoms with Crippen molar-refractivity contribution in [2.75, 3.05) is 19.0 Å². The molecule has 106 valence electrons. The molecule has 1 unspecified atom stereocenters. The predicted octanol–water partition coefficient (Wildman–Crippen LogP) is 4.53. The molecule has 2 aromatic carbocycles. The molecule has 1 atom stereocenters. The molecule has 0 fully saturated rings. The van der Waals surface area contributed by atoms with Crippen molar-refractivity contribution in [3.8, 4) is 0 Å². The Bertz CT molecular complexity index is 584. The van der Waals surface area contributed by atoms with Crippen molar-refractivity contribution in [1.29, 1.82) is 0 Å². The summed E-state index contributed by atoms with van der Waals surface area (Å²) in [5, 5.41) is 3.86. The molecule has 0 spiro atoms. The van der Waals surface area contributed by atoms with Gasteiger partial charge in [-0.1, -0.05) is 17.7 Å². The highest BCUT2D eigenvalue weighted by Gasteiger charge is 2.11. The van der Waals surface area contributed by atoms with E-state index in [0.29, 0.717) is 5.02 Å². The summed E-state index contributed by atoms with van der Waals surface area (Å²) >= 11 is 6.36. The van der Waals surface area contributed by atoms with E-state index in [9.17, 15) is 4.39 Å². The lowest BCUT2D eigenvalue weighted by Gasteiger charge is -2.22. The molecule has 0 heterocycles. The molecule has 0 amide bonds. The van der Waals surface area contributed by atoms with Crippen molar-refractivity contribution in [1.82, 2.24) is 5.32 Å². The number of halogens is 2. The molecule has 20 heavy (non-hydrogen) atoms. The zero-order chi connectivity index (χ0) is 14.7. The number of rotatable bonds is 4. The van der Waals surface area contributed by atoms with Crippen molar-refractivity contribution in [3.63, 3.8) is 0 Å². The molecule has 0 aliphatic rings. The van der Waals surface area contributed by atoms with Crippen LogP contribution in [0.3, 0.4) is 0 Å². The van der Waals surface area contributed by atoms with Gasteiger partial charge in [-0.05, 0) is 55.9 Å². The van der Waals surface area contributed by atoms with Crippen LogP contribution in [-0.2, 0) is 0 Å². The van der Waals surface area contributed by atoms with Crippen LogP contribution in [0.2, 0.25) is 5.02 Å². The molecule has 0 saturated heterocycles. The summed E-state index contributed by atoms with van der Waals surface area (Å²) in [7, 11) is 3.83. The van der Waals surface area contributed by atoms with Gasteiger partial charge in [0.25, 0.3) is 0 Å². The maximum Gasteiger partial charge on any atom is 0.123 e. The van der Waals surface area contributed by atoms with Gasteiger partial charge in [-0.25, -0.2) is 4.39 Å². The summed E-state index contributed by atoms with van der Waals surface area (Å²) in [4.78, 5) is 1.94. The second-order valence-electron chi connectivity index (χ2n) is 4.76. The van der Waals surface area contributed by atoms with E-state index in [2.05, 4.69) is 12.2 Å². The molecule has 0 aromatic heterocycles. The Hall–Kier alpha value is -1.58. The van der Waals surface area contributed by atoms with E-state index in [-0.39, 0.29) is 11.9 Å². The number of anilines is 2. The Kier molecular flexibility index (Phi) is 4.63. The van der Waals surface area contributed by atoms with Gasteiger partial charge in [-0.15, -0.1) is 0 Å². The first kappa shape index (κ1) is 14.8. The number of benzene rings is 2. The number of hydrogen-bond donors (Lipinski definition) is 1. The first-order valence-electron chi connectivity index (χ1n) is 6.49. The Labute approximate surface area is 124 Å². The maximum absolute atomic E-state index is 13.0. The van der Waals surface area contributed by atoms with Crippen LogP contribution in [-0.4, -0.2) is 14.1 Å². The van der Waals surface area contributed by atoms with Crippen molar-refractivity contribution in [3.05, 3.63) is 58.9 Å². The van der Waals surface area contributed by atoms with Gasteiger partial charge in [0.15, 0.2) is 0 Å². The molecule has 4 heteroatoms. The van der Waals surface area contributed by atoms with Gasteiger partial charge in [-0.3, -0.25) is 0 Å². The van der Waals surface area contributed by atoms with Crippen molar-refractivity contribution >= 4 is 23.0 Å². The van der Waals surface area contributed by atoms with Crippen LogP contribution in [0.25, 0.3) is 0 Å². The highest BCUT2D eigenvalue weighted by Crippen LogP contribution is 2.32. The van der Waals surface area contributed by atoms with E-state index in [4.69, 9.17) is 11.6 Å². The van der Waals surface area contributed by atoms with E-state index in [1.54, 1.807) is 12.1 Å². The van der Waals surface area contributed by atoms with E-state index in [1.807, 2.05) is 37.2 Å². The van der Waals surface area contributed by atoms with Crippen LogP contribution < -0.4 is 10.2 Å². The minimum absolute atomic E-state index is 0.244. The second kappa shape index (κ2) is 6.25. The zero-order valence-corrected chi connectivity index (χ0v) is 12.6. The Balaban J connectivity index is 2.30. The second-order valence-corrected chi connectivity index (χ2v) is 5.16. The average molecular weight is 293 g/mol. The Morgan fingerprint density at radius 1 is 1.15 bits per heavy atom. The summed E-state index contributed by atoms with van der Waals surface area (Å²) < 4.78 is 13.0. The maximum atomic E-state index is 13.0. The van der Waals surface area contributed by atoms with E-state index >= 15 is 0 Å². The lowest BCUT2D eigenvalue weighted by Crippen LogP contribution is -2.13. The van der Waals surface area contributed by atoms with Crippen LogP contribution in [0, 0.1) is 5.82 Å². The number of nitrogens with one attached hydrogen (secondary N) is 1. The molecular weight excluding hydrogens is 275 g/mol. The monoisotopic (exact) mass is 292 g/mol. The van der Waals surface area contributed by atoms with E-state index in [0.717, 1.165) is 16.9 Å². The standard InChI is InChI=1S/C16H18ClFN2/c1-11(19-2)12-4-9-16(15(17)10-12)20(3)14-7-5-13(18)6-8-14/h4-11,19H,1-3H3. The number of hydrogen-bond acceptors (Lipinski definition) is 2. The van der Waals surface area contributed by atoms with Crippen LogP contribution in [0.5, 0.6) is 0 Å². The van der Waals surface area contributed by atoms with Crippen LogP contribution >= 0.6 is 11.6 Å². The first-order chi connectivity index (χ1) is 9.52. The lowest BCUT2D eigenvalue weighted by atomic mass is 10.1. The molecule has 0 saturated carbocycles. The fourth-order valence-corrected chi connectivity index (χ4v) is 2.35. The molecule has 1 N–H and O–H groups in total. The quantitative estimate of drug-likeness (QED) is 0.891. The average Bonchev–Trinajstić information content (AvgIpc) is 2.46. The van der Waals surface area contributed by atoms with Gasteiger partial charge in [0.05, 0.1) is 10.7 Å². The summed E-state index contributed by atoms with van der Waals surface area (Å²) in [6.07, 6.45) is 0. The SMILES string of the molecule is CNC(C)c1ccc(N(C)c2ccc(F)cc2)c(Cl)c1. The summed E-state index contributed by atoms with van der Waals surface area (Å²) in [6, 6.07) is 12.6.